The fourth-order valence-electron chi connectivity index (χ4n) is 1.35. The molecule has 1 fully saturated rings. The SMILES string of the molecule is Cc1noc(CN2CC(=O)CC2=O)n1. The van der Waals surface area contributed by atoms with Gasteiger partial charge in [-0.2, -0.15) is 4.98 Å². The molecule has 0 N–H and O–H groups in total. The number of hydrogen-bond acceptors (Lipinski definition) is 5. The fraction of sp³-hybridized carbons (Fsp3) is 0.500. The highest BCUT2D eigenvalue weighted by molar-refractivity contribution is 6.05. The van der Waals surface area contributed by atoms with Crippen LogP contribution in [0.15, 0.2) is 4.52 Å². The summed E-state index contributed by atoms with van der Waals surface area (Å²) in [5, 5.41) is 3.59. The molecule has 0 atom stereocenters. The second-order valence-electron chi connectivity index (χ2n) is 3.20. The van der Waals surface area contributed by atoms with E-state index in [2.05, 4.69) is 10.1 Å². The molecule has 1 saturated heterocycles. The van der Waals surface area contributed by atoms with Crippen molar-refractivity contribution in [1.29, 1.82) is 0 Å². The Labute approximate surface area is 79.9 Å². The Balaban J connectivity index is 2.05. The molecule has 1 amide bonds. The first-order chi connectivity index (χ1) is 6.65. The summed E-state index contributed by atoms with van der Waals surface area (Å²) >= 11 is 0. The Morgan fingerprint density at radius 2 is 2.29 bits per heavy atom. The second-order valence-corrected chi connectivity index (χ2v) is 3.20. The Hall–Kier alpha value is -1.72. The first-order valence-corrected chi connectivity index (χ1v) is 4.24. The Morgan fingerprint density at radius 1 is 1.50 bits per heavy atom. The number of Topliss-reactive ketones (excluding diaryl/α,β-unsaturated/α-hetero) is 1. The van der Waals surface area contributed by atoms with Crippen LogP contribution in [-0.2, 0) is 16.1 Å². The van der Waals surface area contributed by atoms with E-state index in [-0.39, 0.29) is 31.2 Å². The molecule has 1 aliphatic heterocycles. The molecule has 2 heterocycles. The highest BCUT2D eigenvalue weighted by Crippen LogP contribution is 2.10. The Bertz CT molecular complexity index is 385. The molecule has 0 spiro atoms. The van der Waals surface area contributed by atoms with Gasteiger partial charge in [-0.1, -0.05) is 5.16 Å². The van der Waals surface area contributed by atoms with E-state index in [1.165, 1.54) is 4.90 Å². The zero-order valence-corrected chi connectivity index (χ0v) is 7.69. The summed E-state index contributed by atoms with van der Waals surface area (Å²) in [6.45, 7) is 2.08. The number of carbonyl (C=O) groups excluding carboxylic acids is 2. The Morgan fingerprint density at radius 3 is 2.79 bits per heavy atom. The zero-order valence-electron chi connectivity index (χ0n) is 7.69. The minimum atomic E-state index is -0.175. The van der Waals surface area contributed by atoms with Gasteiger partial charge in [0.25, 0.3) is 0 Å². The van der Waals surface area contributed by atoms with Gasteiger partial charge in [0.15, 0.2) is 11.6 Å². The summed E-state index contributed by atoms with van der Waals surface area (Å²) in [7, 11) is 0. The third kappa shape index (κ3) is 1.63. The van der Waals surface area contributed by atoms with Crippen molar-refractivity contribution >= 4 is 11.7 Å². The lowest BCUT2D eigenvalue weighted by atomic mass is 10.3. The van der Waals surface area contributed by atoms with Crippen molar-refractivity contribution in [2.75, 3.05) is 6.54 Å². The van der Waals surface area contributed by atoms with Crippen molar-refractivity contribution in [3.63, 3.8) is 0 Å². The molecular formula is C8H9N3O3. The maximum atomic E-state index is 11.2. The van der Waals surface area contributed by atoms with Crippen LogP contribution in [0.3, 0.4) is 0 Å². The van der Waals surface area contributed by atoms with Crippen LogP contribution < -0.4 is 0 Å². The summed E-state index contributed by atoms with van der Waals surface area (Å²) < 4.78 is 4.84. The van der Waals surface area contributed by atoms with Crippen molar-refractivity contribution in [2.24, 2.45) is 0 Å². The van der Waals surface area contributed by atoms with Crippen molar-refractivity contribution in [1.82, 2.24) is 15.0 Å². The van der Waals surface area contributed by atoms with Crippen molar-refractivity contribution < 1.29 is 14.1 Å². The fourth-order valence-corrected chi connectivity index (χ4v) is 1.35. The predicted octanol–water partition coefficient (Wildman–Crippen LogP) is -0.321. The smallest absolute Gasteiger partial charge is 0.246 e. The second kappa shape index (κ2) is 3.21. The van der Waals surface area contributed by atoms with Gasteiger partial charge in [-0.05, 0) is 6.92 Å². The maximum absolute atomic E-state index is 11.2. The maximum Gasteiger partial charge on any atom is 0.246 e. The van der Waals surface area contributed by atoms with Crippen LogP contribution in [0.1, 0.15) is 18.1 Å². The van der Waals surface area contributed by atoms with Gasteiger partial charge in [0.1, 0.15) is 6.54 Å². The number of hydrogen-bond donors (Lipinski definition) is 0. The average molecular weight is 195 g/mol. The van der Waals surface area contributed by atoms with E-state index in [0.717, 1.165) is 0 Å². The monoisotopic (exact) mass is 195 g/mol. The molecular weight excluding hydrogens is 186 g/mol. The zero-order chi connectivity index (χ0) is 10.1. The number of carbonyl (C=O) groups is 2. The van der Waals surface area contributed by atoms with Gasteiger partial charge >= 0.3 is 0 Å². The van der Waals surface area contributed by atoms with Crippen LogP contribution in [0, 0.1) is 6.92 Å². The van der Waals surface area contributed by atoms with Gasteiger partial charge in [0, 0.05) is 0 Å². The number of amides is 1. The van der Waals surface area contributed by atoms with Crippen LogP contribution in [0.5, 0.6) is 0 Å². The topological polar surface area (TPSA) is 76.3 Å². The van der Waals surface area contributed by atoms with E-state index >= 15 is 0 Å². The molecule has 14 heavy (non-hydrogen) atoms. The molecule has 1 aliphatic rings. The molecule has 1 aromatic rings. The highest BCUT2D eigenvalue weighted by atomic mass is 16.5. The van der Waals surface area contributed by atoms with Crippen LogP contribution >= 0.6 is 0 Å². The van der Waals surface area contributed by atoms with Gasteiger partial charge in [-0.15, -0.1) is 0 Å². The minimum Gasteiger partial charge on any atom is -0.337 e. The first kappa shape index (κ1) is 8.86. The summed E-state index contributed by atoms with van der Waals surface area (Å²) in [6.07, 6.45) is -0.00683. The molecule has 1 aromatic heterocycles. The van der Waals surface area contributed by atoms with E-state index in [0.29, 0.717) is 11.7 Å². The van der Waals surface area contributed by atoms with Gasteiger partial charge in [-0.25, -0.2) is 0 Å². The molecule has 0 aliphatic carbocycles. The third-order valence-corrected chi connectivity index (χ3v) is 1.96. The Kier molecular flexibility index (Phi) is 2.03. The molecule has 0 saturated carbocycles. The number of ketones is 1. The van der Waals surface area contributed by atoms with Crippen molar-refractivity contribution in [3.05, 3.63) is 11.7 Å². The van der Waals surface area contributed by atoms with Crippen molar-refractivity contribution in [2.45, 2.75) is 19.9 Å². The summed E-state index contributed by atoms with van der Waals surface area (Å²) in [6, 6.07) is 0. The van der Waals surface area contributed by atoms with Gasteiger partial charge in [0.2, 0.25) is 11.8 Å². The summed E-state index contributed by atoms with van der Waals surface area (Å²) in [5.74, 6) is 0.653. The van der Waals surface area contributed by atoms with Gasteiger partial charge in [0.05, 0.1) is 13.0 Å². The van der Waals surface area contributed by atoms with Crippen molar-refractivity contribution in [3.8, 4) is 0 Å². The van der Waals surface area contributed by atoms with E-state index in [1.807, 2.05) is 0 Å². The van der Waals surface area contributed by atoms with Gasteiger partial charge in [-0.3, -0.25) is 9.59 Å². The summed E-state index contributed by atoms with van der Waals surface area (Å²) in [5.41, 5.74) is 0. The largest absolute Gasteiger partial charge is 0.337 e. The molecule has 0 unspecified atom stereocenters. The van der Waals surface area contributed by atoms with Crippen LogP contribution in [0.2, 0.25) is 0 Å². The van der Waals surface area contributed by atoms with E-state index in [1.54, 1.807) is 6.92 Å². The first-order valence-electron chi connectivity index (χ1n) is 4.24. The number of likely N-dealkylation sites (tertiary alicyclic amines) is 1. The molecule has 0 bridgehead atoms. The van der Waals surface area contributed by atoms with Crippen LogP contribution in [0.4, 0.5) is 0 Å². The van der Waals surface area contributed by atoms with E-state index in [4.69, 9.17) is 4.52 Å². The molecule has 0 radical (unpaired) electrons. The third-order valence-electron chi connectivity index (χ3n) is 1.96. The molecule has 0 aromatic carbocycles. The van der Waals surface area contributed by atoms with E-state index < -0.39 is 0 Å². The lowest BCUT2D eigenvalue weighted by molar-refractivity contribution is -0.128. The lowest BCUT2D eigenvalue weighted by Crippen LogP contribution is -2.24. The van der Waals surface area contributed by atoms with E-state index in [9.17, 15) is 9.59 Å². The average Bonchev–Trinajstić information content (AvgIpc) is 2.61. The summed E-state index contributed by atoms with van der Waals surface area (Å²) in [4.78, 5) is 27.5. The highest BCUT2D eigenvalue weighted by Gasteiger charge is 2.28. The molecule has 6 nitrogen and oxygen atoms in total. The van der Waals surface area contributed by atoms with Gasteiger partial charge < -0.3 is 9.42 Å². The van der Waals surface area contributed by atoms with Crippen LogP contribution in [-0.4, -0.2) is 33.3 Å². The lowest BCUT2D eigenvalue weighted by Gasteiger charge is -2.10. The minimum absolute atomic E-state index is 0.00683. The number of nitrogens with zero attached hydrogens (tertiary/aromatic N) is 3. The number of aryl methyl sites for hydroxylation is 1. The van der Waals surface area contributed by atoms with Crippen LogP contribution in [0.25, 0.3) is 0 Å². The molecule has 6 heteroatoms. The molecule has 2 rings (SSSR count). The number of aromatic nitrogens is 2. The number of rotatable bonds is 2. The standard InChI is InChI=1S/C8H9N3O3/c1-5-9-7(14-10-5)4-11-3-6(12)2-8(11)13/h2-4H2,1H3. The quantitative estimate of drug-likeness (QED) is 0.604. The normalized spacial score (nSPS) is 16.8. The molecule has 74 valence electrons. The predicted molar refractivity (Wildman–Crippen MR) is 44.1 cm³/mol.